The molecule has 11 aromatic rings. The molecule has 0 atom stereocenters. The third kappa shape index (κ3) is 5.51. The zero-order chi connectivity index (χ0) is 37.0. The Morgan fingerprint density at radius 3 is 1.75 bits per heavy atom. The van der Waals surface area contributed by atoms with Crippen molar-refractivity contribution in [3.05, 3.63) is 212 Å². The quantitative estimate of drug-likeness (QED) is 0.171. The summed E-state index contributed by atoms with van der Waals surface area (Å²) in [6.45, 7) is 0. The number of anilines is 3. The molecule has 0 saturated heterocycles. The first-order chi connectivity index (χ1) is 27.7. The standard InChI is InChI=1S/C54H35NO/c1-2-13-39-31-43(24-23-36(39)11-1)40-17-9-18-46(32-40)55(45-28-25-38(26-29-45)48-21-10-16-37-12-5-6-19-47(37)48)52-22-8-7-20-49(52)44-27-30-53-50(34-44)51-33-41-14-3-4-15-42(41)35-54(51)56-53/h1-35H. The Labute approximate surface area is 325 Å². The third-order valence-electron chi connectivity index (χ3n) is 11.2. The van der Waals surface area contributed by atoms with E-state index in [0.29, 0.717) is 0 Å². The van der Waals surface area contributed by atoms with Crippen molar-refractivity contribution in [1.29, 1.82) is 0 Å². The zero-order valence-corrected chi connectivity index (χ0v) is 30.6. The van der Waals surface area contributed by atoms with Gasteiger partial charge in [-0.3, -0.25) is 0 Å². The third-order valence-corrected chi connectivity index (χ3v) is 11.2. The van der Waals surface area contributed by atoms with E-state index in [0.717, 1.165) is 50.1 Å². The van der Waals surface area contributed by atoms with Crippen LogP contribution in [-0.2, 0) is 0 Å². The van der Waals surface area contributed by atoms with E-state index >= 15 is 0 Å². The molecular formula is C54H35NO. The van der Waals surface area contributed by atoms with Gasteiger partial charge in [-0.15, -0.1) is 0 Å². The fourth-order valence-corrected chi connectivity index (χ4v) is 8.43. The topological polar surface area (TPSA) is 16.4 Å². The molecule has 0 aliphatic carbocycles. The molecule has 1 aromatic heterocycles. The van der Waals surface area contributed by atoms with Gasteiger partial charge in [0.2, 0.25) is 0 Å². The van der Waals surface area contributed by atoms with Crippen LogP contribution in [0, 0.1) is 0 Å². The number of benzene rings is 10. The summed E-state index contributed by atoms with van der Waals surface area (Å²) in [4.78, 5) is 2.40. The lowest BCUT2D eigenvalue weighted by Crippen LogP contribution is -2.11. The van der Waals surface area contributed by atoms with Crippen LogP contribution in [-0.4, -0.2) is 0 Å². The van der Waals surface area contributed by atoms with Gasteiger partial charge in [0, 0.05) is 27.7 Å². The van der Waals surface area contributed by atoms with E-state index in [9.17, 15) is 0 Å². The fourth-order valence-electron chi connectivity index (χ4n) is 8.43. The summed E-state index contributed by atoms with van der Waals surface area (Å²) in [5.41, 5.74) is 12.1. The molecule has 1 heterocycles. The van der Waals surface area contributed by atoms with Crippen molar-refractivity contribution >= 4 is 71.3 Å². The lowest BCUT2D eigenvalue weighted by atomic mass is 9.97. The van der Waals surface area contributed by atoms with E-state index in [2.05, 4.69) is 217 Å². The van der Waals surface area contributed by atoms with E-state index in [-0.39, 0.29) is 0 Å². The maximum absolute atomic E-state index is 6.41. The van der Waals surface area contributed by atoms with Gasteiger partial charge >= 0.3 is 0 Å². The number of fused-ring (bicyclic) bond motifs is 6. The van der Waals surface area contributed by atoms with Crippen molar-refractivity contribution in [1.82, 2.24) is 0 Å². The van der Waals surface area contributed by atoms with Crippen molar-refractivity contribution in [2.75, 3.05) is 4.90 Å². The first-order valence-corrected chi connectivity index (χ1v) is 19.2. The molecule has 0 bridgehead atoms. The maximum atomic E-state index is 6.41. The van der Waals surface area contributed by atoms with Crippen LogP contribution in [0.4, 0.5) is 17.1 Å². The van der Waals surface area contributed by atoms with Gasteiger partial charge in [-0.1, -0.05) is 152 Å². The van der Waals surface area contributed by atoms with E-state index in [4.69, 9.17) is 4.42 Å². The smallest absolute Gasteiger partial charge is 0.136 e. The van der Waals surface area contributed by atoms with Crippen LogP contribution in [0.25, 0.3) is 87.6 Å². The predicted molar refractivity (Wildman–Crippen MR) is 237 cm³/mol. The minimum atomic E-state index is 0.889. The lowest BCUT2D eigenvalue weighted by molar-refractivity contribution is 0.669. The van der Waals surface area contributed by atoms with Crippen LogP contribution >= 0.6 is 0 Å². The second kappa shape index (κ2) is 13.2. The molecule has 0 N–H and O–H groups in total. The number of furan rings is 1. The van der Waals surface area contributed by atoms with Crippen molar-refractivity contribution in [3.63, 3.8) is 0 Å². The van der Waals surface area contributed by atoms with Crippen LogP contribution in [0.2, 0.25) is 0 Å². The molecule has 262 valence electrons. The highest BCUT2D eigenvalue weighted by molar-refractivity contribution is 6.11. The SMILES string of the molecule is c1cc(-c2ccc3ccccc3c2)cc(N(c2ccc(-c3cccc4ccccc34)cc2)c2ccccc2-c2ccc3oc4cc5ccccc5cc4c3c2)c1. The summed E-state index contributed by atoms with van der Waals surface area (Å²) in [5.74, 6) is 0. The molecule has 2 nitrogen and oxygen atoms in total. The highest BCUT2D eigenvalue weighted by Crippen LogP contribution is 2.44. The second-order valence-electron chi connectivity index (χ2n) is 14.5. The normalized spacial score (nSPS) is 11.6. The summed E-state index contributed by atoms with van der Waals surface area (Å²) in [6, 6.07) is 76.7. The average Bonchev–Trinajstić information content (AvgIpc) is 3.62. The summed E-state index contributed by atoms with van der Waals surface area (Å²) >= 11 is 0. The summed E-state index contributed by atoms with van der Waals surface area (Å²) in [7, 11) is 0. The molecule has 0 spiro atoms. The van der Waals surface area contributed by atoms with Gasteiger partial charge < -0.3 is 9.32 Å². The minimum absolute atomic E-state index is 0.889. The van der Waals surface area contributed by atoms with Crippen molar-refractivity contribution in [2.24, 2.45) is 0 Å². The summed E-state index contributed by atoms with van der Waals surface area (Å²) < 4.78 is 6.41. The van der Waals surface area contributed by atoms with Crippen LogP contribution < -0.4 is 4.90 Å². The molecule has 0 aliphatic heterocycles. The van der Waals surface area contributed by atoms with Crippen molar-refractivity contribution < 1.29 is 4.42 Å². The van der Waals surface area contributed by atoms with E-state index in [1.54, 1.807) is 0 Å². The van der Waals surface area contributed by atoms with Gasteiger partial charge in [0.25, 0.3) is 0 Å². The minimum Gasteiger partial charge on any atom is -0.456 e. The molecular weight excluding hydrogens is 679 g/mol. The molecule has 0 unspecified atom stereocenters. The maximum Gasteiger partial charge on any atom is 0.136 e. The Bertz CT molecular complexity index is 3260. The predicted octanol–water partition coefficient (Wildman–Crippen LogP) is 15.5. The number of hydrogen-bond donors (Lipinski definition) is 0. The van der Waals surface area contributed by atoms with Crippen LogP contribution in [0.15, 0.2) is 217 Å². The van der Waals surface area contributed by atoms with E-state index in [1.807, 2.05) is 0 Å². The monoisotopic (exact) mass is 713 g/mol. The summed E-state index contributed by atoms with van der Waals surface area (Å²) in [5, 5.41) is 9.59. The Balaban J connectivity index is 1.08. The van der Waals surface area contributed by atoms with E-state index in [1.165, 1.54) is 54.6 Å². The van der Waals surface area contributed by atoms with Crippen LogP contribution in [0.5, 0.6) is 0 Å². The number of rotatable bonds is 6. The average molecular weight is 714 g/mol. The van der Waals surface area contributed by atoms with Crippen LogP contribution in [0.1, 0.15) is 0 Å². The highest BCUT2D eigenvalue weighted by atomic mass is 16.3. The first kappa shape index (κ1) is 32.0. The number of hydrogen-bond acceptors (Lipinski definition) is 2. The molecule has 10 aromatic carbocycles. The Kier molecular flexibility index (Phi) is 7.53. The highest BCUT2D eigenvalue weighted by Gasteiger charge is 2.19. The van der Waals surface area contributed by atoms with Gasteiger partial charge in [0.15, 0.2) is 0 Å². The molecule has 0 saturated carbocycles. The van der Waals surface area contributed by atoms with Gasteiger partial charge in [-0.2, -0.15) is 0 Å². The first-order valence-electron chi connectivity index (χ1n) is 19.2. The van der Waals surface area contributed by atoms with Crippen LogP contribution in [0.3, 0.4) is 0 Å². The van der Waals surface area contributed by atoms with Gasteiger partial charge in [-0.05, 0) is 121 Å². The van der Waals surface area contributed by atoms with Crippen molar-refractivity contribution in [3.8, 4) is 33.4 Å². The molecule has 0 radical (unpaired) electrons. The van der Waals surface area contributed by atoms with Gasteiger partial charge in [-0.25, -0.2) is 0 Å². The molecule has 56 heavy (non-hydrogen) atoms. The Morgan fingerprint density at radius 1 is 0.286 bits per heavy atom. The molecule has 0 amide bonds. The fraction of sp³-hybridized carbons (Fsp3) is 0. The Hall–Kier alpha value is -7.42. The number of para-hydroxylation sites is 1. The summed E-state index contributed by atoms with van der Waals surface area (Å²) in [6.07, 6.45) is 0. The lowest BCUT2D eigenvalue weighted by Gasteiger charge is -2.28. The Morgan fingerprint density at radius 2 is 0.893 bits per heavy atom. The molecule has 0 fully saturated rings. The van der Waals surface area contributed by atoms with E-state index < -0.39 is 0 Å². The largest absolute Gasteiger partial charge is 0.456 e. The number of nitrogens with zero attached hydrogens (tertiary/aromatic N) is 1. The van der Waals surface area contributed by atoms with Gasteiger partial charge in [0.05, 0.1) is 5.69 Å². The molecule has 11 rings (SSSR count). The molecule has 0 aliphatic rings. The van der Waals surface area contributed by atoms with Crippen molar-refractivity contribution in [2.45, 2.75) is 0 Å². The zero-order valence-electron chi connectivity index (χ0n) is 30.6. The van der Waals surface area contributed by atoms with Gasteiger partial charge in [0.1, 0.15) is 11.2 Å². The second-order valence-corrected chi connectivity index (χ2v) is 14.5. The molecule has 2 heteroatoms.